The van der Waals surface area contributed by atoms with Gasteiger partial charge in [0, 0.05) is 16.8 Å². The first kappa shape index (κ1) is 15.2. The summed E-state index contributed by atoms with van der Waals surface area (Å²) < 4.78 is 1.12. The van der Waals surface area contributed by atoms with Gasteiger partial charge < -0.3 is 10.4 Å². The Labute approximate surface area is 117 Å². The van der Waals surface area contributed by atoms with Crippen LogP contribution in [-0.4, -0.2) is 22.8 Å². The molecule has 2 N–H and O–H groups in total. The summed E-state index contributed by atoms with van der Waals surface area (Å²) in [6, 6.07) is 4.10. The van der Waals surface area contributed by atoms with Crippen molar-refractivity contribution in [1.29, 1.82) is 0 Å². The molecule has 0 aliphatic carbocycles. The number of halogens is 1. The second-order valence-corrected chi connectivity index (χ2v) is 8.35. The van der Waals surface area contributed by atoms with E-state index in [-0.39, 0.29) is 5.54 Å². The molecule has 0 aromatic carbocycles. The second kappa shape index (κ2) is 5.83. The van der Waals surface area contributed by atoms with E-state index in [0.717, 1.165) is 23.2 Å². The van der Waals surface area contributed by atoms with Crippen LogP contribution >= 0.6 is 27.3 Å². The zero-order valence-electron chi connectivity index (χ0n) is 11.0. The van der Waals surface area contributed by atoms with E-state index in [4.69, 9.17) is 0 Å². The molecule has 1 atom stereocenters. The van der Waals surface area contributed by atoms with E-state index in [9.17, 15) is 5.11 Å². The molecule has 0 saturated carbocycles. The Morgan fingerprint density at radius 2 is 1.94 bits per heavy atom. The molecule has 1 heterocycles. The largest absolute Gasteiger partial charge is 0.390 e. The molecule has 0 fully saturated rings. The van der Waals surface area contributed by atoms with Crippen LogP contribution in [-0.2, 0) is 6.42 Å². The van der Waals surface area contributed by atoms with E-state index in [1.165, 1.54) is 4.88 Å². The van der Waals surface area contributed by atoms with Gasteiger partial charge in [-0.05, 0) is 68.7 Å². The molecular weight excluding hydrogens is 298 g/mol. The highest BCUT2D eigenvalue weighted by molar-refractivity contribution is 9.11. The van der Waals surface area contributed by atoms with Gasteiger partial charge in [0.1, 0.15) is 0 Å². The Morgan fingerprint density at radius 1 is 1.29 bits per heavy atom. The quantitative estimate of drug-likeness (QED) is 0.869. The standard InChI is InChI=1S/C13H22BrNOS/c1-12(2,3)15-8-7-13(4,16)9-10-5-6-11(14)17-10/h5-6,15-16H,7-9H2,1-4H3. The third kappa shape index (κ3) is 6.55. The van der Waals surface area contributed by atoms with Crippen molar-refractivity contribution in [3.8, 4) is 0 Å². The second-order valence-electron chi connectivity index (χ2n) is 5.81. The van der Waals surface area contributed by atoms with Crippen molar-refractivity contribution >= 4 is 27.3 Å². The summed E-state index contributed by atoms with van der Waals surface area (Å²) in [5.74, 6) is 0. The number of aliphatic hydroxyl groups is 1. The number of rotatable bonds is 5. The van der Waals surface area contributed by atoms with E-state index in [1.807, 2.05) is 13.0 Å². The fraction of sp³-hybridized carbons (Fsp3) is 0.692. The van der Waals surface area contributed by atoms with E-state index >= 15 is 0 Å². The predicted octanol–water partition coefficient (Wildman–Crippen LogP) is 3.58. The highest BCUT2D eigenvalue weighted by Crippen LogP contribution is 2.26. The smallest absolute Gasteiger partial charge is 0.0701 e. The van der Waals surface area contributed by atoms with Gasteiger partial charge in [-0.15, -0.1) is 11.3 Å². The van der Waals surface area contributed by atoms with E-state index in [2.05, 4.69) is 48.1 Å². The Hall–Kier alpha value is 0.1000. The molecule has 2 nitrogen and oxygen atoms in total. The number of hydrogen-bond donors (Lipinski definition) is 2. The maximum absolute atomic E-state index is 10.3. The van der Waals surface area contributed by atoms with Crippen LogP contribution in [0.25, 0.3) is 0 Å². The maximum Gasteiger partial charge on any atom is 0.0701 e. The molecule has 1 aromatic rings. The van der Waals surface area contributed by atoms with Crippen LogP contribution in [0.2, 0.25) is 0 Å². The minimum atomic E-state index is -0.636. The van der Waals surface area contributed by atoms with Gasteiger partial charge in [0.25, 0.3) is 0 Å². The van der Waals surface area contributed by atoms with Crippen molar-refractivity contribution in [2.75, 3.05) is 6.54 Å². The zero-order chi connectivity index (χ0) is 13.1. The van der Waals surface area contributed by atoms with E-state index in [1.54, 1.807) is 11.3 Å². The van der Waals surface area contributed by atoms with Gasteiger partial charge in [0.15, 0.2) is 0 Å². The molecule has 0 bridgehead atoms. The third-order valence-corrected chi connectivity index (χ3v) is 4.13. The van der Waals surface area contributed by atoms with Gasteiger partial charge in [-0.25, -0.2) is 0 Å². The number of hydrogen-bond acceptors (Lipinski definition) is 3. The normalized spacial score (nSPS) is 15.9. The fourth-order valence-electron chi connectivity index (χ4n) is 1.62. The number of nitrogens with one attached hydrogen (secondary N) is 1. The molecule has 1 aromatic heterocycles. The van der Waals surface area contributed by atoms with Crippen molar-refractivity contribution in [2.24, 2.45) is 0 Å². The molecular formula is C13H22BrNOS. The van der Waals surface area contributed by atoms with Crippen molar-refractivity contribution in [3.05, 3.63) is 20.8 Å². The lowest BCUT2D eigenvalue weighted by Gasteiger charge is -2.26. The molecule has 0 spiro atoms. The van der Waals surface area contributed by atoms with Crippen LogP contribution in [0.3, 0.4) is 0 Å². The number of thiophene rings is 1. The highest BCUT2D eigenvalue weighted by Gasteiger charge is 2.22. The van der Waals surface area contributed by atoms with Crippen molar-refractivity contribution in [2.45, 2.75) is 51.7 Å². The van der Waals surface area contributed by atoms with Crippen LogP contribution in [0.1, 0.15) is 39.0 Å². The van der Waals surface area contributed by atoms with E-state index < -0.39 is 5.60 Å². The zero-order valence-corrected chi connectivity index (χ0v) is 13.4. The van der Waals surface area contributed by atoms with Gasteiger partial charge in [0.2, 0.25) is 0 Å². The lowest BCUT2D eigenvalue weighted by Crippen LogP contribution is -2.40. The first-order valence-electron chi connectivity index (χ1n) is 5.90. The van der Waals surface area contributed by atoms with Gasteiger partial charge >= 0.3 is 0 Å². The summed E-state index contributed by atoms with van der Waals surface area (Å²) in [6.45, 7) is 9.16. The van der Waals surface area contributed by atoms with Gasteiger partial charge in [-0.2, -0.15) is 0 Å². The van der Waals surface area contributed by atoms with E-state index in [0.29, 0.717) is 0 Å². The summed E-state index contributed by atoms with van der Waals surface area (Å²) in [5, 5.41) is 13.7. The summed E-state index contributed by atoms with van der Waals surface area (Å²) in [5.41, 5.74) is -0.523. The minimum absolute atomic E-state index is 0.113. The third-order valence-electron chi connectivity index (χ3n) is 2.50. The molecule has 1 unspecified atom stereocenters. The first-order chi connectivity index (χ1) is 7.68. The molecule has 0 aliphatic heterocycles. The summed E-state index contributed by atoms with van der Waals surface area (Å²) in [4.78, 5) is 1.22. The molecule has 0 aliphatic rings. The summed E-state index contributed by atoms with van der Waals surface area (Å²) >= 11 is 5.13. The Morgan fingerprint density at radius 3 is 2.41 bits per heavy atom. The Kier molecular flexibility index (Phi) is 5.20. The van der Waals surface area contributed by atoms with Crippen molar-refractivity contribution in [1.82, 2.24) is 5.32 Å². The van der Waals surface area contributed by atoms with Crippen LogP contribution < -0.4 is 5.32 Å². The fourth-order valence-corrected chi connectivity index (χ4v) is 3.28. The monoisotopic (exact) mass is 319 g/mol. The van der Waals surface area contributed by atoms with Crippen LogP contribution in [0.5, 0.6) is 0 Å². The van der Waals surface area contributed by atoms with Crippen LogP contribution in [0.4, 0.5) is 0 Å². The average molecular weight is 320 g/mol. The SMILES string of the molecule is CC(O)(CCNC(C)(C)C)Cc1ccc(Br)s1. The minimum Gasteiger partial charge on any atom is -0.390 e. The van der Waals surface area contributed by atoms with Crippen LogP contribution in [0, 0.1) is 0 Å². The molecule has 0 radical (unpaired) electrons. The van der Waals surface area contributed by atoms with Gasteiger partial charge in [0.05, 0.1) is 9.39 Å². The predicted molar refractivity (Wildman–Crippen MR) is 78.7 cm³/mol. The Bertz CT molecular complexity index is 355. The first-order valence-corrected chi connectivity index (χ1v) is 7.51. The maximum atomic E-state index is 10.3. The Balaban J connectivity index is 2.41. The molecule has 1 rings (SSSR count). The van der Waals surface area contributed by atoms with Gasteiger partial charge in [-0.1, -0.05) is 0 Å². The topological polar surface area (TPSA) is 32.3 Å². The van der Waals surface area contributed by atoms with Crippen molar-refractivity contribution < 1.29 is 5.11 Å². The lowest BCUT2D eigenvalue weighted by molar-refractivity contribution is 0.0507. The molecule has 17 heavy (non-hydrogen) atoms. The van der Waals surface area contributed by atoms with Crippen molar-refractivity contribution in [3.63, 3.8) is 0 Å². The summed E-state index contributed by atoms with van der Waals surface area (Å²) in [7, 11) is 0. The lowest BCUT2D eigenvalue weighted by atomic mass is 9.96. The average Bonchev–Trinajstić information content (AvgIpc) is 2.47. The van der Waals surface area contributed by atoms with Gasteiger partial charge in [-0.3, -0.25) is 0 Å². The highest BCUT2D eigenvalue weighted by atomic mass is 79.9. The molecule has 98 valence electrons. The molecule has 0 saturated heterocycles. The van der Waals surface area contributed by atoms with Crippen LogP contribution in [0.15, 0.2) is 15.9 Å². The molecule has 0 amide bonds. The molecule has 4 heteroatoms. The summed E-state index contributed by atoms with van der Waals surface area (Å²) in [6.07, 6.45) is 1.48.